The minimum atomic E-state index is -0.673. The summed E-state index contributed by atoms with van der Waals surface area (Å²) in [5, 5.41) is 0. The molecule has 0 saturated carbocycles. The molecule has 2 rings (SSSR count). The Kier molecular flexibility index (Phi) is 5.27. The van der Waals surface area contributed by atoms with Gasteiger partial charge in [-0.25, -0.2) is 14.5 Å². The Morgan fingerprint density at radius 1 is 1.43 bits per heavy atom. The third-order valence-electron chi connectivity index (χ3n) is 3.19. The van der Waals surface area contributed by atoms with Crippen molar-refractivity contribution < 1.29 is 19.1 Å². The molecule has 0 radical (unpaired) electrons. The number of cyclic esters (lactones) is 1. The molecule has 112 valence electrons. The van der Waals surface area contributed by atoms with Gasteiger partial charge < -0.3 is 9.47 Å². The number of carbonyl (C=O) groups excluding carboxylic acids is 2. The molecule has 1 heterocycles. The van der Waals surface area contributed by atoms with Crippen LogP contribution in [-0.2, 0) is 16.1 Å². The molecule has 0 aromatic heterocycles. The van der Waals surface area contributed by atoms with E-state index in [1.165, 1.54) is 0 Å². The van der Waals surface area contributed by atoms with Crippen molar-refractivity contribution in [3.05, 3.63) is 35.9 Å². The molecule has 21 heavy (non-hydrogen) atoms. The Morgan fingerprint density at radius 2 is 2.14 bits per heavy atom. The Morgan fingerprint density at radius 3 is 2.81 bits per heavy atom. The number of imide groups is 1. The van der Waals surface area contributed by atoms with Gasteiger partial charge in [0.2, 0.25) is 0 Å². The van der Waals surface area contributed by atoms with Crippen LogP contribution in [0.3, 0.4) is 0 Å². The maximum absolute atomic E-state index is 12.1. The number of hydrogen-bond donors (Lipinski definition) is 0. The van der Waals surface area contributed by atoms with E-state index < -0.39 is 12.2 Å². The first-order valence-electron chi connectivity index (χ1n) is 6.74. The fraction of sp³-hybridized carbons (Fsp3) is 0.400. The molecule has 0 aliphatic carbocycles. The zero-order valence-electron chi connectivity index (χ0n) is 11.8. The molecular formula is C15H17NO4S. The zero-order chi connectivity index (χ0) is 15.2. The number of carbonyl (C=O) groups is 2. The van der Waals surface area contributed by atoms with Gasteiger partial charge in [-0.2, -0.15) is 0 Å². The predicted octanol–water partition coefficient (Wildman–Crippen LogP) is 3.31. The van der Waals surface area contributed by atoms with Crippen LogP contribution in [0.4, 0.5) is 9.59 Å². The molecular weight excluding hydrogens is 290 g/mol. The van der Waals surface area contributed by atoms with E-state index in [1.807, 2.05) is 37.3 Å². The summed E-state index contributed by atoms with van der Waals surface area (Å²) in [6.45, 7) is 2.16. The van der Waals surface area contributed by atoms with Gasteiger partial charge in [0.1, 0.15) is 13.2 Å². The van der Waals surface area contributed by atoms with Crippen molar-refractivity contribution in [2.24, 2.45) is 0 Å². The average molecular weight is 307 g/mol. The van der Waals surface area contributed by atoms with Crippen LogP contribution in [0, 0.1) is 0 Å². The van der Waals surface area contributed by atoms with Gasteiger partial charge in [0.05, 0.1) is 6.04 Å². The van der Waals surface area contributed by atoms with Gasteiger partial charge in [-0.1, -0.05) is 42.5 Å². The van der Waals surface area contributed by atoms with E-state index >= 15 is 0 Å². The lowest BCUT2D eigenvalue weighted by Crippen LogP contribution is -2.39. The second-order valence-corrected chi connectivity index (χ2v) is 5.58. The largest absolute Gasteiger partial charge is 0.447 e. The monoisotopic (exact) mass is 307 g/mol. The van der Waals surface area contributed by atoms with Gasteiger partial charge in [0.25, 0.3) is 0 Å². The lowest BCUT2D eigenvalue weighted by atomic mass is 10.1. The second-order valence-electron chi connectivity index (χ2n) is 4.88. The van der Waals surface area contributed by atoms with Crippen LogP contribution in [0.15, 0.2) is 30.3 Å². The van der Waals surface area contributed by atoms with Gasteiger partial charge in [-0.3, -0.25) is 0 Å². The Hall–Kier alpha value is -1.95. The highest BCUT2D eigenvalue weighted by Crippen LogP contribution is 2.19. The van der Waals surface area contributed by atoms with Crippen LogP contribution in [0.5, 0.6) is 0 Å². The maximum atomic E-state index is 12.1. The van der Waals surface area contributed by atoms with E-state index in [1.54, 1.807) is 0 Å². The molecule has 1 aliphatic heterocycles. The normalized spacial score (nSPS) is 17.5. The summed E-state index contributed by atoms with van der Waals surface area (Å²) in [5.74, 6) is 0. The first-order chi connectivity index (χ1) is 10.1. The number of ether oxygens (including phenoxy) is 2. The highest BCUT2D eigenvalue weighted by atomic mass is 32.1. The van der Waals surface area contributed by atoms with E-state index in [4.69, 9.17) is 21.7 Å². The zero-order valence-corrected chi connectivity index (χ0v) is 12.6. The van der Waals surface area contributed by atoms with Crippen molar-refractivity contribution in [2.75, 3.05) is 6.61 Å². The molecule has 1 atom stereocenters. The van der Waals surface area contributed by atoms with Gasteiger partial charge >= 0.3 is 12.2 Å². The van der Waals surface area contributed by atoms with Gasteiger partial charge in [0, 0.05) is 0 Å². The van der Waals surface area contributed by atoms with Crippen molar-refractivity contribution in [1.29, 1.82) is 0 Å². The highest BCUT2D eigenvalue weighted by Gasteiger charge is 2.38. The maximum Gasteiger partial charge on any atom is 0.420 e. The van der Waals surface area contributed by atoms with Crippen molar-refractivity contribution in [1.82, 2.24) is 4.90 Å². The van der Waals surface area contributed by atoms with Crippen molar-refractivity contribution in [3.63, 3.8) is 0 Å². The molecule has 2 amide bonds. The first kappa shape index (κ1) is 15.4. The summed E-state index contributed by atoms with van der Waals surface area (Å²) in [4.78, 5) is 25.6. The van der Waals surface area contributed by atoms with Crippen LogP contribution >= 0.6 is 12.2 Å². The number of thiocarbonyl (C=S) groups is 1. The van der Waals surface area contributed by atoms with Crippen LogP contribution in [0.2, 0.25) is 0 Å². The first-order valence-corrected chi connectivity index (χ1v) is 7.15. The van der Waals surface area contributed by atoms with E-state index in [2.05, 4.69) is 0 Å². The molecule has 1 aromatic carbocycles. The summed E-state index contributed by atoms with van der Waals surface area (Å²) in [5.41, 5.74) is 0.865. The highest BCUT2D eigenvalue weighted by molar-refractivity contribution is 7.80. The predicted molar refractivity (Wildman–Crippen MR) is 81.1 cm³/mol. The van der Waals surface area contributed by atoms with Crippen LogP contribution in [0.1, 0.15) is 25.3 Å². The lowest BCUT2D eigenvalue weighted by molar-refractivity contribution is 0.0970. The van der Waals surface area contributed by atoms with E-state index in [-0.39, 0.29) is 19.3 Å². The number of hydrogen-bond acceptors (Lipinski definition) is 5. The minimum Gasteiger partial charge on any atom is -0.447 e. The molecule has 0 N–H and O–H groups in total. The number of amides is 2. The molecule has 1 aliphatic rings. The Bertz CT molecular complexity index is 532. The van der Waals surface area contributed by atoms with Crippen LogP contribution < -0.4 is 0 Å². The summed E-state index contributed by atoms with van der Waals surface area (Å²) in [6.07, 6.45) is -0.0610. The number of benzene rings is 1. The Balaban J connectivity index is 1.92. The summed E-state index contributed by atoms with van der Waals surface area (Å²) in [7, 11) is 0. The van der Waals surface area contributed by atoms with E-state index in [0.717, 1.165) is 15.3 Å². The molecule has 0 bridgehead atoms. The van der Waals surface area contributed by atoms with Crippen molar-refractivity contribution in [3.8, 4) is 0 Å². The molecule has 1 saturated heterocycles. The number of nitrogens with zero attached hydrogens (tertiary/aromatic N) is 1. The summed E-state index contributed by atoms with van der Waals surface area (Å²) in [6, 6.07) is 8.99. The molecule has 0 spiro atoms. The van der Waals surface area contributed by atoms with E-state index in [0.29, 0.717) is 12.8 Å². The fourth-order valence-corrected chi connectivity index (χ4v) is 2.17. The van der Waals surface area contributed by atoms with Crippen molar-refractivity contribution >= 4 is 29.3 Å². The summed E-state index contributed by atoms with van der Waals surface area (Å²) < 4.78 is 10.1. The lowest BCUT2D eigenvalue weighted by Gasteiger charge is -2.18. The van der Waals surface area contributed by atoms with E-state index in [9.17, 15) is 9.59 Å². The number of rotatable bonds is 5. The minimum absolute atomic E-state index is 0.127. The topological polar surface area (TPSA) is 55.8 Å². The van der Waals surface area contributed by atoms with Gasteiger partial charge in [0.15, 0.2) is 0 Å². The van der Waals surface area contributed by atoms with Crippen molar-refractivity contribution in [2.45, 2.75) is 32.4 Å². The Labute approximate surface area is 128 Å². The third kappa shape index (κ3) is 4.26. The molecule has 0 unspecified atom stereocenters. The quantitative estimate of drug-likeness (QED) is 0.781. The third-order valence-corrected chi connectivity index (χ3v) is 3.40. The summed E-state index contributed by atoms with van der Waals surface area (Å²) >= 11 is 5.02. The standard InChI is InChI=1S/C15H17NO4S/c1-11(21)7-8-13-10-20-15(18)16(13)14(17)19-9-12-5-3-2-4-6-12/h2-6,13H,7-10H2,1H3/t13-/m0/s1. The van der Waals surface area contributed by atoms with Gasteiger partial charge in [-0.05, 0) is 30.2 Å². The van der Waals surface area contributed by atoms with Crippen LogP contribution in [-0.4, -0.2) is 34.6 Å². The van der Waals surface area contributed by atoms with Gasteiger partial charge in [-0.15, -0.1) is 0 Å². The second kappa shape index (κ2) is 7.17. The molecule has 1 fully saturated rings. The molecule has 5 nitrogen and oxygen atoms in total. The average Bonchev–Trinajstić information content (AvgIpc) is 2.85. The van der Waals surface area contributed by atoms with Crippen LogP contribution in [0.25, 0.3) is 0 Å². The smallest absolute Gasteiger partial charge is 0.420 e. The fourth-order valence-electron chi connectivity index (χ4n) is 2.06. The SMILES string of the molecule is CC(=S)CC[C@H]1COC(=O)N1C(=O)OCc1ccccc1. The molecule has 1 aromatic rings. The molecule has 6 heteroatoms.